The molecule has 0 unspecified atom stereocenters. The second kappa shape index (κ2) is 4.47. The smallest absolute Gasteiger partial charge is 0.0105 e. The first-order chi connectivity index (χ1) is 4.93. The van der Waals surface area contributed by atoms with Gasteiger partial charge in [0.15, 0.2) is 0 Å². The van der Waals surface area contributed by atoms with E-state index in [2.05, 4.69) is 17.1 Å². The van der Waals surface area contributed by atoms with Crippen molar-refractivity contribution in [1.82, 2.24) is 4.90 Å². The van der Waals surface area contributed by atoms with E-state index in [9.17, 15) is 0 Å². The summed E-state index contributed by atoms with van der Waals surface area (Å²) in [6, 6.07) is 0. The van der Waals surface area contributed by atoms with Crippen molar-refractivity contribution in [3.8, 4) is 0 Å². The zero-order valence-electron chi connectivity index (χ0n) is 6.42. The maximum Gasteiger partial charge on any atom is 0.0105 e. The molecule has 2 nitrogen and oxygen atoms in total. The summed E-state index contributed by atoms with van der Waals surface area (Å²) in [5.41, 5.74) is 5.45. The van der Waals surface area contributed by atoms with Gasteiger partial charge in [-0.1, -0.05) is 12.2 Å². The highest BCUT2D eigenvalue weighted by Gasteiger charge is 2.02. The second-order valence-electron chi connectivity index (χ2n) is 2.68. The molecule has 1 aliphatic rings. The molecule has 58 valence electrons. The molecule has 0 aromatic carbocycles. The highest BCUT2D eigenvalue weighted by molar-refractivity contribution is 4.86. The van der Waals surface area contributed by atoms with Crippen LogP contribution in [0.15, 0.2) is 12.2 Å². The Morgan fingerprint density at radius 3 is 2.30 bits per heavy atom. The normalized spacial score (nSPS) is 20.9. The SMILES string of the molecule is NCCN1CCC=CCC1. The highest BCUT2D eigenvalue weighted by Crippen LogP contribution is 2.00. The standard InChI is InChI=1S/C8H16N2/c9-5-8-10-6-3-1-2-4-7-10/h1-2H,3-9H2. The van der Waals surface area contributed by atoms with Crippen LogP contribution in [0.5, 0.6) is 0 Å². The minimum absolute atomic E-state index is 0.792. The summed E-state index contributed by atoms with van der Waals surface area (Å²) in [7, 11) is 0. The molecule has 10 heavy (non-hydrogen) atoms. The molecule has 0 aromatic heterocycles. The summed E-state index contributed by atoms with van der Waals surface area (Å²) < 4.78 is 0. The van der Waals surface area contributed by atoms with Crippen molar-refractivity contribution in [2.24, 2.45) is 5.73 Å². The van der Waals surface area contributed by atoms with E-state index < -0.39 is 0 Å². The van der Waals surface area contributed by atoms with Crippen LogP contribution in [0.25, 0.3) is 0 Å². The fourth-order valence-electron chi connectivity index (χ4n) is 1.27. The molecule has 1 rings (SSSR count). The van der Waals surface area contributed by atoms with Gasteiger partial charge in [0.25, 0.3) is 0 Å². The van der Waals surface area contributed by atoms with Crippen molar-refractivity contribution < 1.29 is 0 Å². The van der Waals surface area contributed by atoms with Crippen LogP contribution >= 0.6 is 0 Å². The predicted octanol–water partition coefficient (Wildman–Crippen LogP) is 0.597. The highest BCUT2D eigenvalue weighted by atomic mass is 15.1. The van der Waals surface area contributed by atoms with Gasteiger partial charge in [-0.3, -0.25) is 0 Å². The van der Waals surface area contributed by atoms with E-state index in [1.807, 2.05) is 0 Å². The molecule has 1 aliphatic heterocycles. The zero-order valence-corrected chi connectivity index (χ0v) is 6.42. The predicted molar refractivity (Wildman–Crippen MR) is 43.9 cm³/mol. The van der Waals surface area contributed by atoms with Gasteiger partial charge in [-0.25, -0.2) is 0 Å². The third-order valence-corrected chi connectivity index (χ3v) is 1.84. The van der Waals surface area contributed by atoms with Crippen LogP contribution in [0.3, 0.4) is 0 Å². The van der Waals surface area contributed by atoms with Crippen LogP contribution < -0.4 is 5.73 Å². The van der Waals surface area contributed by atoms with Gasteiger partial charge in [0.1, 0.15) is 0 Å². The number of hydrogen-bond donors (Lipinski definition) is 1. The second-order valence-corrected chi connectivity index (χ2v) is 2.68. The summed E-state index contributed by atoms with van der Waals surface area (Å²) in [5, 5.41) is 0. The Morgan fingerprint density at radius 1 is 1.20 bits per heavy atom. The minimum atomic E-state index is 0.792. The van der Waals surface area contributed by atoms with E-state index in [1.54, 1.807) is 0 Å². The lowest BCUT2D eigenvalue weighted by Crippen LogP contribution is -2.30. The summed E-state index contributed by atoms with van der Waals surface area (Å²) in [6.07, 6.45) is 6.91. The Labute approximate surface area is 62.7 Å². The lowest BCUT2D eigenvalue weighted by Gasteiger charge is -2.17. The zero-order chi connectivity index (χ0) is 7.23. The summed E-state index contributed by atoms with van der Waals surface area (Å²) in [6.45, 7) is 4.23. The minimum Gasteiger partial charge on any atom is -0.329 e. The Kier molecular flexibility index (Phi) is 3.47. The Balaban J connectivity index is 2.20. The first-order valence-corrected chi connectivity index (χ1v) is 4.01. The van der Waals surface area contributed by atoms with Gasteiger partial charge in [0, 0.05) is 26.2 Å². The number of nitrogens with two attached hydrogens (primary N) is 1. The quantitative estimate of drug-likeness (QED) is 0.569. The van der Waals surface area contributed by atoms with Crippen LogP contribution in [0.2, 0.25) is 0 Å². The van der Waals surface area contributed by atoms with Gasteiger partial charge in [-0.15, -0.1) is 0 Å². The van der Waals surface area contributed by atoms with Gasteiger partial charge in [0.2, 0.25) is 0 Å². The molecular weight excluding hydrogens is 124 g/mol. The Morgan fingerprint density at radius 2 is 1.80 bits per heavy atom. The molecule has 2 heteroatoms. The molecule has 2 N–H and O–H groups in total. The van der Waals surface area contributed by atoms with Gasteiger partial charge >= 0.3 is 0 Å². The lowest BCUT2D eigenvalue weighted by molar-refractivity contribution is 0.297. The lowest BCUT2D eigenvalue weighted by atomic mass is 10.4. The molecule has 1 heterocycles. The van der Waals surface area contributed by atoms with Crippen molar-refractivity contribution >= 4 is 0 Å². The number of hydrogen-bond acceptors (Lipinski definition) is 2. The van der Waals surface area contributed by atoms with Crippen molar-refractivity contribution in [2.75, 3.05) is 26.2 Å². The average molecular weight is 140 g/mol. The molecule has 0 radical (unpaired) electrons. The Bertz CT molecular complexity index is 99.8. The molecule has 0 amide bonds. The number of rotatable bonds is 2. The van der Waals surface area contributed by atoms with Crippen molar-refractivity contribution in [3.05, 3.63) is 12.2 Å². The largest absolute Gasteiger partial charge is 0.329 e. The summed E-state index contributed by atoms with van der Waals surface area (Å²) >= 11 is 0. The van der Waals surface area contributed by atoms with Crippen molar-refractivity contribution in [1.29, 1.82) is 0 Å². The van der Waals surface area contributed by atoms with Crippen molar-refractivity contribution in [3.63, 3.8) is 0 Å². The van der Waals surface area contributed by atoms with Crippen LogP contribution in [0.4, 0.5) is 0 Å². The monoisotopic (exact) mass is 140 g/mol. The van der Waals surface area contributed by atoms with E-state index in [-0.39, 0.29) is 0 Å². The fourth-order valence-corrected chi connectivity index (χ4v) is 1.27. The first-order valence-electron chi connectivity index (χ1n) is 4.01. The van der Waals surface area contributed by atoms with Crippen LogP contribution in [0, 0.1) is 0 Å². The molecular formula is C8H16N2. The Hall–Kier alpha value is -0.340. The maximum absolute atomic E-state index is 5.45. The van der Waals surface area contributed by atoms with Gasteiger partial charge in [0.05, 0.1) is 0 Å². The summed E-state index contributed by atoms with van der Waals surface area (Å²) in [5.74, 6) is 0. The number of nitrogens with zero attached hydrogens (tertiary/aromatic N) is 1. The van der Waals surface area contributed by atoms with Gasteiger partial charge in [-0.05, 0) is 12.8 Å². The molecule has 0 aliphatic carbocycles. The molecule has 0 bridgehead atoms. The first kappa shape index (κ1) is 7.76. The van der Waals surface area contributed by atoms with E-state index in [4.69, 9.17) is 5.73 Å². The molecule has 0 aromatic rings. The fraction of sp³-hybridized carbons (Fsp3) is 0.750. The molecule has 0 saturated carbocycles. The molecule has 0 fully saturated rings. The van der Waals surface area contributed by atoms with Crippen LogP contribution in [-0.4, -0.2) is 31.1 Å². The topological polar surface area (TPSA) is 29.3 Å². The van der Waals surface area contributed by atoms with E-state index >= 15 is 0 Å². The maximum atomic E-state index is 5.45. The molecule has 0 spiro atoms. The van der Waals surface area contributed by atoms with Crippen LogP contribution in [0.1, 0.15) is 12.8 Å². The third kappa shape index (κ3) is 2.50. The molecule has 0 atom stereocenters. The van der Waals surface area contributed by atoms with E-state index in [1.165, 1.54) is 25.9 Å². The summed E-state index contributed by atoms with van der Waals surface area (Å²) in [4.78, 5) is 2.42. The van der Waals surface area contributed by atoms with Crippen molar-refractivity contribution in [2.45, 2.75) is 12.8 Å². The van der Waals surface area contributed by atoms with E-state index in [0.717, 1.165) is 13.1 Å². The molecule has 0 saturated heterocycles. The average Bonchev–Trinajstić information content (AvgIpc) is 2.17. The third-order valence-electron chi connectivity index (χ3n) is 1.84. The van der Waals surface area contributed by atoms with Gasteiger partial charge in [-0.2, -0.15) is 0 Å². The van der Waals surface area contributed by atoms with Crippen LogP contribution in [-0.2, 0) is 0 Å². The van der Waals surface area contributed by atoms with Gasteiger partial charge < -0.3 is 10.6 Å². The van der Waals surface area contributed by atoms with E-state index in [0.29, 0.717) is 0 Å².